The summed E-state index contributed by atoms with van der Waals surface area (Å²) in [6.45, 7) is 0.480. The number of nitrogens with one attached hydrogen (secondary N) is 1. The molecule has 172 valence electrons. The summed E-state index contributed by atoms with van der Waals surface area (Å²) in [7, 11) is 4.09. The van der Waals surface area contributed by atoms with Crippen LogP contribution in [0.5, 0.6) is 0 Å². The topological polar surface area (TPSA) is 113 Å². The third-order valence-electron chi connectivity index (χ3n) is 6.67. The van der Waals surface area contributed by atoms with Gasteiger partial charge in [0.15, 0.2) is 0 Å². The summed E-state index contributed by atoms with van der Waals surface area (Å²) in [5, 5.41) is 3.57. The predicted molar refractivity (Wildman–Crippen MR) is 129 cm³/mol. The number of rotatable bonds is 6. The van der Waals surface area contributed by atoms with Gasteiger partial charge in [0, 0.05) is 44.0 Å². The minimum absolute atomic E-state index is 0.0936. The van der Waals surface area contributed by atoms with Gasteiger partial charge in [-0.15, -0.1) is 0 Å². The van der Waals surface area contributed by atoms with Gasteiger partial charge in [0.1, 0.15) is 5.82 Å². The number of carbonyl (C=O) groups excluding carboxylic acids is 1. The molecule has 0 aliphatic heterocycles. The summed E-state index contributed by atoms with van der Waals surface area (Å²) in [5.41, 5.74) is 15.8. The number of aryl methyl sites for hydroxylation is 1. The minimum atomic E-state index is -0.407. The van der Waals surface area contributed by atoms with E-state index < -0.39 is 6.03 Å². The van der Waals surface area contributed by atoms with Crippen LogP contribution >= 0.6 is 0 Å². The second-order valence-corrected chi connectivity index (χ2v) is 9.13. The molecule has 0 saturated heterocycles. The number of carbonyl (C=O) groups is 1. The fourth-order valence-corrected chi connectivity index (χ4v) is 4.98. The average Bonchev–Trinajstić information content (AvgIpc) is 2.80. The first-order chi connectivity index (χ1) is 15.5. The number of hydrogen-bond acceptors (Lipinski definition) is 6. The molecule has 2 aromatic rings. The third-order valence-corrected chi connectivity index (χ3v) is 6.67. The van der Waals surface area contributed by atoms with E-state index >= 15 is 0 Å². The van der Waals surface area contributed by atoms with Crippen LogP contribution in [0, 0.1) is 0 Å². The van der Waals surface area contributed by atoms with E-state index in [0.717, 1.165) is 61.5 Å². The Balaban J connectivity index is 1.43. The van der Waals surface area contributed by atoms with Crippen LogP contribution in [-0.2, 0) is 19.4 Å². The van der Waals surface area contributed by atoms with Crippen LogP contribution in [-0.4, -0.2) is 42.2 Å². The zero-order valence-corrected chi connectivity index (χ0v) is 19.2. The number of nitrogens with two attached hydrogens (primary N) is 2. The van der Waals surface area contributed by atoms with Crippen LogP contribution in [0.2, 0.25) is 0 Å². The molecule has 2 amide bonds. The van der Waals surface area contributed by atoms with Crippen LogP contribution < -0.4 is 26.6 Å². The van der Waals surface area contributed by atoms with Gasteiger partial charge >= 0.3 is 6.03 Å². The van der Waals surface area contributed by atoms with Crippen molar-refractivity contribution in [2.75, 3.05) is 29.2 Å². The average molecular weight is 438 g/mol. The van der Waals surface area contributed by atoms with Gasteiger partial charge in [-0.2, -0.15) is 4.98 Å². The number of primary amides is 1. The summed E-state index contributed by atoms with van der Waals surface area (Å²) in [6.07, 6.45) is 8.12. The molecule has 5 N–H and O–H groups in total. The van der Waals surface area contributed by atoms with Gasteiger partial charge in [0.2, 0.25) is 5.95 Å². The van der Waals surface area contributed by atoms with Crippen LogP contribution in [0.15, 0.2) is 24.3 Å². The molecule has 0 spiro atoms. The molecule has 2 aliphatic carbocycles. The largest absolute Gasteiger partial charge is 0.362 e. The molecule has 32 heavy (non-hydrogen) atoms. The van der Waals surface area contributed by atoms with Crippen molar-refractivity contribution in [2.45, 2.75) is 70.0 Å². The van der Waals surface area contributed by atoms with E-state index in [2.05, 4.69) is 10.2 Å². The summed E-state index contributed by atoms with van der Waals surface area (Å²) in [6, 6.07) is 7.74. The van der Waals surface area contributed by atoms with E-state index in [1.165, 1.54) is 24.1 Å². The van der Waals surface area contributed by atoms with E-state index in [4.69, 9.17) is 21.4 Å². The van der Waals surface area contributed by atoms with Crippen molar-refractivity contribution in [3.05, 3.63) is 41.1 Å². The van der Waals surface area contributed by atoms with Crippen molar-refractivity contribution >= 4 is 23.5 Å². The number of nitrogens with zero attached hydrogens (tertiary/aromatic N) is 4. The molecule has 4 rings (SSSR count). The molecule has 0 atom stereocenters. The Morgan fingerprint density at radius 3 is 2.38 bits per heavy atom. The fourth-order valence-electron chi connectivity index (χ4n) is 4.98. The Kier molecular flexibility index (Phi) is 6.79. The Morgan fingerprint density at radius 2 is 1.75 bits per heavy atom. The van der Waals surface area contributed by atoms with Crippen LogP contribution in [0.25, 0.3) is 0 Å². The van der Waals surface area contributed by atoms with Crippen molar-refractivity contribution in [1.29, 1.82) is 0 Å². The molecule has 1 heterocycles. The molecule has 1 saturated carbocycles. The first-order valence-electron chi connectivity index (χ1n) is 11.7. The summed E-state index contributed by atoms with van der Waals surface area (Å²) < 4.78 is 0. The molecule has 1 aromatic carbocycles. The number of urea groups is 1. The van der Waals surface area contributed by atoms with Gasteiger partial charge < -0.3 is 21.7 Å². The fraction of sp³-hybridized carbons (Fsp3) is 0.542. The maximum Gasteiger partial charge on any atom is 0.319 e. The number of amides is 2. The second kappa shape index (κ2) is 9.73. The van der Waals surface area contributed by atoms with Gasteiger partial charge in [-0.1, -0.05) is 12.1 Å². The molecule has 8 nitrogen and oxygen atoms in total. The lowest BCUT2D eigenvalue weighted by Crippen LogP contribution is -2.46. The highest BCUT2D eigenvalue weighted by atomic mass is 16.2. The molecule has 2 aliphatic rings. The third kappa shape index (κ3) is 4.80. The highest BCUT2D eigenvalue weighted by Gasteiger charge is 2.30. The molecule has 1 aromatic heterocycles. The van der Waals surface area contributed by atoms with Crippen molar-refractivity contribution in [1.82, 2.24) is 9.97 Å². The van der Waals surface area contributed by atoms with Crippen molar-refractivity contribution in [2.24, 2.45) is 11.5 Å². The lowest BCUT2D eigenvalue weighted by Gasteiger charge is -2.36. The van der Waals surface area contributed by atoms with Crippen molar-refractivity contribution in [3.63, 3.8) is 0 Å². The number of anilines is 3. The summed E-state index contributed by atoms with van der Waals surface area (Å²) in [4.78, 5) is 25.8. The molecular weight excluding hydrogens is 402 g/mol. The Labute approximate surface area is 190 Å². The van der Waals surface area contributed by atoms with Gasteiger partial charge in [0.25, 0.3) is 0 Å². The maximum absolute atomic E-state index is 12.2. The summed E-state index contributed by atoms with van der Waals surface area (Å²) >= 11 is 0. The smallest absolute Gasteiger partial charge is 0.319 e. The van der Waals surface area contributed by atoms with Gasteiger partial charge in [-0.05, 0) is 69.1 Å². The van der Waals surface area contributed by atoms with E-state index in [9.17, 15) is 4.79 Å². The standard InChI is InChI=1S/C24H35N7O/c1-30(2)22-20-5-3-4-6-21(20)28-24(29-22)27-17-9-13-19(14-10-17)31(23(26)32)18-11-7-16(15-25)8-12-18/h7-8,11-12,17,19H,3-6,9-10,13-15,25H2,1-2H3,(H2,26,32)(H,27,28,29)/t17-,19+. The van der Waals surface area contributed by atoms with E-state index in [0.29, 0.717) is 6.54 Å². The van der Waals surface area contributed by atoms with E-state index in [-0.39, 0.29) is 12.1 Å². The normalized spacial score (nSPS) is 20.3. The Hall–Kier alpha value is -2.87. The highest BCUT2D eigenvalue weighted by Crippen LogP contribution is 2.31. The lowest BCUT2D eigenvalue weighted by molar-refractivity contribution is 0.248. The Bertz CT molecular complexity index is 936. The summed E-state index contributed by atoms with van der Waals surface area (Å²) in [5.74, 6) is 1.76. The minimum Gasteiger partial charge on any atom is -0.362 e. The quantitative estimate of drug-likeness (QED) is 0.640. The number of benzene rings is 1. The zero-order valence-electron chi connectivity index (χ0n) is 19.2. The van der Waals surface area contributed by atoms with Crippen molar-refractivity contribution in [3.8, 4) is 0 Å². The molecule has 1 fully saturated rings. The molecule has 0 bridgehead atoms. The van der Waals surface area contributed by atoms with E-state index in [1.807, 2.05) is 38.4 Å². The van der Waals surface area contributed by atoms with Crippen LogP contribution in [0.1, 0.15) is 55.3 Å². The van der Waals surface area contributed by atoms with Crippen molar-refractivity contribution < 1.29 is 4.79 Å². The molecule has 0 unspecified atom stereocenters. The van der Waals surface area contributed by atoms with E-state index in [1.54, 1.807) is 4.90 Å². The molecular formula is C24H35N7O. The zero-order chi connectivity index (χ0) is 22.7. The Morgan fingerprint density at radius 1 is 1.06 bits per heavy atom. The number of aromatic nitrogens is 2. The van der Waals surface area contributed by atoms with Gasteiger partial charge in [-0.3, -0.25) is 4.90 Å². The molecule has 0 radical (unpaired) electrons. The first-order valence-corrected chi connectivity index (χ1v) is 11.7. The highest BCUT2D eigenvalue weighted by molar-refractivity contribution is 5.91. The maximum atomic E-state index is 12.2. The monoisotopic (exact) mass is 437 g/mol. The van der Waals surface area contributed by atoms with Crippen LogP contribution in [0.4, 0.5) is 22.2 Å². The molecule has 8 heteroatoms. The number of fused-ring (bicyclic) bond motifs is 1. The van der Waals surface area contributed by atoms with Gasteiger partial charge in [0.05, 0.1) is 5.69 Å². The second-order valence-electron chi connectivity index (χ2n) is 9.13. The lowest BCUT2D eigenvalue weighted by atomic mass is 9.90. The number of hydrogen-bond donors (Lipinski definition) is 3. The predicted octanol–water partition coefficient (Wildman–Crippen LogP) is 3.19. The van der Waals surface area contributed by atoms with Gasteiger partial charge in [-0.25, -0.2) is 9.78 Å². The first kappa shape index (κ1) is 22.3. The SMILES string of the molecule is CN(C)c1nc(N[C@H]2CC[C@@H](N(C(N)=O)c3ccc(CN)cc3)CC2)nc2c1CCCC2. The van der Waals surface area contributed by atoms with Crippen LogP contribution in [0.3, 0.4) is 0 Å².